The van der Waals surface area contributed by atoms with Gasteiger partial charge in [-0.1, -0.05) is 37.3 Å². The van der Waals surface area contributed by atoms with Crippen molar-refractivity contribution >= 4 is 6.03 Å². The maximum atomic E-state index is 12.0. The van der Waals surface area contributed by atoms with E-state index in [1.165, 1.54) is 6.42 Å². The Balaban J connectivity index is 1.80. The Morgan fingerprint density at radius 1 is 1.28 bits per heavy atom. The van der Waals surface area contributed by atoms with Crippen molar-refractivity contribution in [2.45, 2.75) is 32.7 Å². The molecule has 0 bridgehead atoms. The summed E-state index contributed by atoms with van der Waals surface area (Å²) in [6, 6.07) is 10.1. The van der Waals surface area contributed by atoms with Gasteiger partial charge in [-0.3, -0.25) is 0 Å². The molecule has 1 N–H and O–H groups in total. The Bertz CT molecular complexity index is 377. The second-order valence-corrected chi connectivity index (χ2v) is 5.17. The molecule has 2 rings (SSSR count). The van der Waals surface area contributed by atoms with Crippen molar-refractivity contribution in [2.24, 2.45) is 5.92 Å². The average Bonchev–Trinajstić information content (AvgIpc) is 2.62. The Morgan fingerprint density at radius 2 is 2.06 bits per heavy atom. The van der Waals surface area contributed by atoms with Crippen LogP contribution < -0.4 is 5.32 Å². The molecule has 18 heavy (non-hydrogen) atoms. The van der Waals surface area contributed by atoms with Gasteiger partial charge < -0.3 is 10.2 Å². The molecule has 0 aromatic heterocycles. The molecule has 3 heteroatoms. The van der Waals surface area contributed by atoms with Crippen LogP contribution in [-0.4, -0.2) is 24.0 Å². The molecule has 0 saturated carbocycles. The summed E-state index contributed by atoms with van der Waals surface area (Å²) < 4.78 is 0. The van der Waals surface area contributed by atoms with Gasteiger partial charge in [0.2, 0.25) is 0 Å². The highest BCUT2D eigenvalue weighted by Crippen LogP contribution is 2.16. The van der Waals surface area contributed by atoms with Crippen LogP contribution in [0.15, 0.2) is 30.3 Å². The summed E-state index contributed by atoms with van der Waals surface area (Å²) in [6.07, 6.45) is 3.49. The lowest BCUT2D eigenvalue weighted by Gasteiger charge is -2.21. The Hall–Kier alpha value is -1.51. The van der Waals surface area contributed by atoms with Crippen molar-refractivity contribution in [1.29, 1.82) is 0 Å². The van der Waals surface area contributed by atoms with Gasteiger partial charge in [0.25, 0.3) is 0 Å². The van der Waals surface area contributed by atoms with Crippen LogP contribution in [0.3, 0.4) is 0 Å². The molecule has 1 aromatic rings. The van der Waals surface area contributed by atoms with Crippen LogP contribution in [-0.2, 0) is 6.54 Å². The molecule has 2 amide bonds. The maximum Gasteiger partial charge on any atom is 0.317 e. The number of hydrogen-bond acceptors (Lipinski definition) is 1. The van der Waals surface area contributed by atoms with Gasteiger partial charge in [0.1, 0.15) is 0 Å². The predicted molar refractivity (Wildman–Crippen MR) is 73.3 cm³/mol. The quantitative estimate of drug-likeness (QED) is 0.854. The minimum absolute atomic E-state index is 0.0768. The van der Waals surface area contributed by atoms with E-state index in [1.54, 1.807) is 0 Å². The highest BCUT2D eigenvalue weighted by Gasteiger charge is 2.17. The minimum Gasteiger partial charge on any atom is -0.334 e. The van der Waals surface area contributed by atoms with E-state index in [0.717, 1.165) is 37.4 Å². The molecule has 1 saturated heterocycles. The first-order valence-electron chi connectivity index (χ1n) is 6.82. The summed E-state index contributed by atoms with van der Waals surface area (Å²) in [5.41, 5.74) is 1.15. The van der Waals surface area contributed by atoms with Gasteiger partial charge in [0, 0.05) is 19.6 Å². The van der Waals surface area contributed by atoms with Crippen LogP contribution in [0.25, 0.3) is 0 Å². The third-order valence-electron chi connectivity index (χ3n) is 3.59. The molecule has 1 aliphatic rings. The summed E-state index contributed by atoms with van der Waals surface area (Å²) in [7, 11) is 0. The van der Waals surface area contributed by atoms with Crippen LogP contribution in [0.5, 0.6) is 0 Å². The van der Waals surface area contributed by atoms with Gasteiger partial charge in [-0.25, -0.2) is 4.79 Å². The predicted octanol–water partition coefficient (Wildman–Crippen LogP) is 3.02. The fourth-order valence-corrected chi connectivity index (χ4v) is 2.35. The van der Waals surface area contributed by atoms with Crippen LogP contribution in [0.2, 0.25) is 0 Å². The summed E-state index contributed by atoms with van der Waals surface area (Å²) in [5.74, 6) is 0.747. The number of rotatable bonds is 2. The zero-order valence-corrected chi connectivity index (χ0v) is 11.1. The fourth-order valence-electron chi connectivity index (χ4n) is 2.35. The van der Waals surface area contributed by atoms with Gasteiger partial charge in [-0.15, -0.1) is 0 Å². The van der Waals surface area contributed by atoms with Crippen molar-refractivity contribution in [1.82, 2.24) is 10.2 Å². The third kappa shape index (κ3) is 3.76. The standard InChI is InChI=1S/C15H22N2O/c1-13-6-5-10-17(11-9-13)15(18)16-12-14-7-3-2-4-8-14/h2-4,7-8,13H,5-6,9-12H2,1H3,(H,16,18). The fraction of sp³-hybridized carbons (Fsp3) is 0.533. The number of likely N-dealkylation sites (tertiary alicyclic amines) is 1. The largest absolute Gasteiger partial charge is 0.334 e. The van der Waals surface area contributed by atoms with E-state index in [2.05, 4.69) is 12.2 Å². The molecule has 1 heterocycles. The first-order valence-corrected chi connectivity index (χ1v) is 6.82. The third-order valence-corrected chi connectivity index (χ3v) is 3.59. The highest BCUT2D eigenvalue weighted by atomic mass is 16.2. The molecule has 1 atom stereocenters. The van der Waals surface area contributed by atoms with Gasteiger partial charge in [-0.2, -0.15) is 0 Å². The maximum absolute atomic E-state index is 12.0. The molecule has 1 aromatic carbocycles. The molecule has 0 aliphatic carbocycles. The lowest BCUT2D eigenvalue weighted by molar-refractivity contribution is 0.199. The molecule has 0 spiro atoms. The Kier molecular flexibility index (Phi) is 4.62. The summed E-state index contributed by atoms with van der Waals surface area (Å²) in [5, 5.41) is 3.00. The molecular weight excluding hydrogens is 224 g/mol. The highest BCUT2D eigenvalue weighted by molar-refractivity contribution is 5.74. The SMILES string of the molecule is CC1CCCN(C(=O)NCc2ccccc2)CC1. The van der Waals surface area contributed by atoms with Crippen molar-refractivity contribution in [3.63, 3.8) is 0 Å². The zero-order valence-electron chi connectivity index (χ0n) is 11.1. The molecule has 1 fully saturated rings. The number of carbonyl (C=O) groups is 1. The van der Waals surface area contributed by atoms with Crippen LogP contribution in [0, 0.1) is 5.92 Å². The molecular formula is C15H22N2O. The topological polar surface area (TPSA) is 32.3 Å². The van der Waals surface area contributed by atoms with Crippen LogP contribution >= 0.6 is 0 Å². The number of carbonyl (C=O) groups excluding carboxylic acids is 1. The normalized spacial score (nSPS) is 20.3. The van der Waals surface area contributed by atoms with Crippen molar-refractivity contribution in [3.05, 3.63) is 35.9 Å². The van der Waals surface area contributed by atoms with Crippen LogP contribution in [0.4, 0.5) is 4.79 Å². The number of benzene rings is 1. The monoisotopic (exact) mass is 246 g/mol. The second-order valence-electron chi connectivity index (χ2n) is 5.17. The van der Waals surface area contributed by atoms with Crippen LogP contribution in [0.1, 0.15) is 31.7 Å². The smallest absolute Gasteiger partial charge is 0.317 e. The van der Waals surface area contributed by atoms with Gasteiger partial charge in [-0.05, 0) is 30.7 Å². The molecule has 0 radical (unpaired) electrons. The number of nitrogens with one attached hydrogen (secondary N) is 1. The number of hydrogen-bond donors (Lipinski definition) is 1. The van der Waals surface area contributed by atoms with E-state index in [1.807, 2.05) is 35.2 Å². The van der Waals surface area contributed by atoms with Gasteiger partial charge >= 0.3 is 6.03 Å². The molecule has 98 valence electrons. The number of nitrogens with zero attached hydrogens (tertiary/aromatic N) is 1. The van der Waals surface area contributed by atoms with E-state index < -0.39 is 0 Å². The van der Waals surface area contributed by atoms with Gasteiger partial charge in [0.15, 0.2) is 0 Å². The first kappa shape index (κ1) is 12.9. The van der Waals surface area contributed by atoms with Crippen molar-refractivity contribution in [2.75, 3.05) is 13.1 Å². The lowest BCUT2D eigenvalue weighted by Crippen LogP contribution is -2.40. The van der Waals surface area contributed by atoms with E-state index in [0.29, 0.717) is 6.54 Å². The van der Waals surface area contributed by atoms with Crippen molar-refractivity contribution in [3.8, 4) is 0 Å². The lowest BCUT2D eigenvalue weighted by atomic mass is 10.0. The minimum atomic E-state index is 0.0768. The summed E-state index contributed by atoms with van der Waals surface area (Å²) in [4.78, 5) is 14.0. The molecule has 1 unspecified atom stereocenters. The number of amides is 2. The Morgan fingerprint density at radius 3 is 2.83 bits per heavy atom. The van der Waals surface area contributed by atoms with E-state index >= 15 is 0 Å². The van der Waals surface area contributed by atoms with Crippen molar-refractivity contribution < 1.29 is 4.79 Å². The van der Waals surface area contributed by atoms with E-state index in [-0.39, 0.29) is 6.03 Å². The van der Waals surface area contributed by atoms with Gasteiger partial charge in [0.05, 0.1) is 0 Å². The molecule has 1 aliphatic heterocycles. The second kappa shape index (κ2) is 6.43. The summed E-state index contributed by atoms with van der Waals surface area (Å²) in [6.45, 7) is 4.67. The zero-order chi connectivity index (χ0) is 12.8. The summed E-state index contributed by atoms with van der Waals surface area (Å²) >= 11 is 0. The number of urea groups is 1. The van der Waals surface area contributed by atoms with E-state index in [9.17, 15) is 4.79 Å². The van der Waals surface area contributed by atoms with E-state index in [4.69, 9.17) is 0 Å². The average molecular weight is 246 g/mol. The first-order chi connectivity index (χ1) is 8.75. The Labute approximate surface area is 109 Å². The molecule has 3 nitrogen and oxygen atoms in total.